The molecule has 8 heteroatoms. The standard InChI is InChI=1S/C16H17BrN2O5/c1-22-13-4-3-10(5-14(13)23-2)7-19-15(20)9-24-16(21)12-6-11(17)8-18-12/h3-6,8,18H,7,9H2,1-2H3,(H,19,20). The molecule has 2 aromatic rings. The fourth-order valence-electron chi connectivity index (χ4n) is 1.94. The van der Waals surface area contributed by atoms with E-state index in [0.717, 1.165) is 10.0 Å². The van der Waals surface area contributed by atoms with Crippen LogP contribution in [0, 0.1) is 0 Å². The zero-order chi connectivity index (χ0) is 17.5. The number of halogens is 1. The molecule has 2 N–H and O–H groups in total. The smallest absolute Gasteiger partial charge is 0.355 e. The molecule has 1 aromatic heterocycles. The van der Waals surface area contributed by atoms with Gasteiger partial charge in [-0.2, -0.15) is 0 Å². The number of hydrogen-bond acceptors (Lipinski definition) is 5. The average molecular weight is 397 g/mol. The Morgan fingerprint density at radius 1 is 1.17 bits per heavy atom. The van der Waals surface area contributed by atoms with Gasteiger partial charge in [-0.05, 0) is 39.7 Å². The van der Waals surface area contributed by atoms with E-state index in [1.165, 1.54) is 0 Å². The number of ether oxygens (including phenoxy) is 3. The Bertz CT molecular complexity index is 729. The number of carbonyl (C=O) groups is 2. The molecule has 0 aliphatic rings. The minimum atomic E-state index is -0.595. The van der Waals surface area contributed by atoms with Crippen LogP contribution in [0.5, 0.6) is 11.5 Å². The highest BCUT2D eigenvalue weighted by Crippen LogP contribution is 2.27. The van der Waals surface area contributed by atoms with E-state index in [2.05, 4.69) is 26.2 Å². The Labute approximate surface area is 147 Å². The van der Waals surface area contributed by atoms with Crippen molar-refractivity contribution < 1.29 is 23.8 Å². The number of aromatic amines is 1. The van der Waals surface area contributed by atoms with Crippen LogP contribution < -0.4 is 14.8 Å². The molecule has 0 radical (unpaired) electrons. The molecular weight excluding hydrogens is 380 g/mol. The van der Waals surface area contributed by atoms with E-state index in [9.17, 15) is 9.59 Å². The Morgan fingerprint density at radius 3 is 2.54 bits per heavy atom. The lowest BCUT2D eigenvalue weighted by molar-refractivity contribution is -0.124. The number of amides is 1. The zero-order valence-corrected chi connectivity index (χ0v) is 14.8. The Hall–Kier alpha value is -2.48. The predicted molar refractivity (Wildman–Crippen MR) is 90.2 cm³/mol. The molecule has 0 aliphatic carbocycles. The Morgan fingerprint density at radius 2 is 1.92 bits per heavy atom. The lowest BCUT2D eigenvalue weighted by Gasteiger charge is -2.10. The van der Waals surface area contributed by atoms with Crippen LogP contribution in [-0.4, -0.2) is 37.7 Å². The van der Waals surface area contributed by atoms with E-state index < -0.39 is 11.9 Å². The second kappa shape index (κ2) is 8.39. The first-order valence-corrected chi connectivity index (χ1v) is 7.81. The first kappa shape index (κ1) is 17.9. The normalized spacial score (nSPS) is 10.1. The van der Waals surface area contributed by atoms with Gasteiger partial charge in [0.05, 0.1) is 14.2 Å². The summed E-state index contributed by atoms with van der Waals surface area (Å²) in [6, 6.07) is 6.90. The van der Waals surface area contributed by atoms with Crippen molar-refractivity contribution in [1.29, 1.82) is 0 Å². The molecule has 0 fully saturated rings. The molecule has 1 amide bonds. The molecule has 2 rings (SSSR count). The summed E-state index contributed by atoms with van der Waals surface area (Å²) in [5.41, 5.74) is 1.11. The number of methoxy groups -OCH3 is 2. The number of H-pyrrole nitrogens is 1. The number of benzene rings is 1. The molecule has 1 heterocycles. The van der Waals surface area contributed by atoms with E-state index >= 15 is 0 Å². The molecule has 0 aliphatic heterocycles. The summed E-state index contributed by atoms with van der Waals surface area (Å²) in [5, 5.41) is 2.67. The van der Waals surface area contributed by atoms with E-state index in [4.69, 9.17) is 14.2 Å². The van der Waals surface area contributed by atoms with Gasteiger partial charge < -0.3 is 24.5 Å². The van der Waals surface area contributed by atoms with Gasteiger partial charge in [-0.1, -0.05) is 6.07 Å². The van der Waals surface area contributed by atoms with Crippen LogP contribution in [0.4, 0.5) is 0 Å². The highest BCUT2D eigenvalue weighted by molar-refractivity contribution is 9.10. The van der Waals surface area contributed by atoms with Gasteiger partial charge >= 0.3 is 5.97 Å². The largest absolute Gasteiger partial charge is 0.493 e. The molecule has 1 aromatic carbocycles. The van der Waals surface area contributed by atoms with Crippen molar-refractivity contribution in [3.63, 3.8) is 0 Å². The summed E-state index contributed by atoms with van der Waals surface area (Å²) in [7, 11) is 3.09. The van der Waals surface area contributed by atoms with Crippen molar-refractivity contribution in [1.82, 2.24) is 10.3 Å². The van der Waals surface area contributed by atoms with E-state index in [0.29, 0.717) is 11.5 Å². The molecule has 128 valence electrons. The monoisotopic (exact) mass is 396 g/mol. The minimum Gasteiger partial charge on any atom is -0.493 e. The number of aromatic nitrogens is 1. The molecule has 0 atom stereocenters. The van der Waals surface area contributed by atoms with Crippen molar-refractivity contribution in [2.75, 3.05) is 20.8 Å². The SMILES string of the molecule is COc1ccc(CNC(=O)COC(=O)c2cc(Br)c[nH]2)cc1OC. The number of nitrogens with one attached hydrogen (secondary N) is 2. The number of carbonyl (C=O) groups excluding carboxylic acids is 2. The molecule has 0 bridgehead atoms. The van der Waals surface area contributed by atoms with Crippen LogP contribution >= 0.6 is 15.9 Å². The maximum atomic E-state index is 11.8. The van der Waals surface area contributed by atoms with Crippen LogP contribution in [0.1, 0.15) is 16.1 Å². The molecular formula is C16H17BrN2O5. The summed E-state index contributed by atoms with van der Waals surface area (Å²) in [6.07, 6.45) is 1.60. The highest BCUT2D eigenvalue weighted by atomic mass is 79.9. The van der Waals surface area contributed by atoms with Gasteiger partial charge in [0.15, 0.2) is 18.1 Å². The number of hydrogen-bond donors (Lipinski definition) is 2. The quantitative estimate of drug-likeness (QED) is 0.700. The highest BCUT2D eigenvalue weighted by Gasteiger charge is 2.12. The summed E-state index contributed by atoms with van der Waals surface area (Å²) < 4.78 is 16.0. The van der Waals surface area contributed by atoms with Gasteiger partial charge in [-0.15, -0.1) is 0 Å². The summed E-state index contributed by atoms with van der Waals surface area (Å²) in [4.78, 5) is 26.2. The maximum absolute atomic E-state index is 11.8. The van der Waals surface area contributed by atoms with E-state index in [1.54, 1.807) is 38.6 Å². The van der Waals surface area contributed by atoms with Crippen LogP contribution in [0.25, 0.3) is 0 Å². The first-order valence-electron chi connectivity index (χ1n) is 7.02. The third kappa shape index (κ3) is 4.76. The van der Waals surface area contributed by atoms with Gasteiger partial charge in [0.25, 0.3) is 5.91 Å². The predicted octanol–water partition coefficient (Wildman–Crippen LogP) is 2.27. The maximum Gasteiger partial charge on any atom is 0.355 e. The fraction of sp³-hybridized carbons (Fsp3) is 0.250. The van der Waals surface area contributed by atoms with Gasteiger partial charge in [0, 0.05) is 17.2 Å². The first-order chi connectivity index (χ1) is 11.5. The van der Waals surface area contributed by atoms with Crippen molar-refractivity contribution in [2.24, 2.45) is 0 Å². The lowest BCUT2D eigenvalue weighted by Crippen LogP contribution is -2.28. The van der Waals surface area contributed by atoms with E-state index in [-0.39, 0.29) is 18.8 Å². The molecule has 0 unspecified atom stereocenters. The van der Waals surface area contributed by atoms with Crippen LogP contribution in [0.2, 0.25) is 0 Å². The molecule has 24 heavy (non-hydrogen) atoms. The second-order valence-electron chi connectivity index (χ2n) is 4.77. The molecule has 7 nitrogen and oxygen atoms in total. The topological polar surface area (TPSA) is 89.6 Å². The minimum absolute atomic E-state index is 0.273. The Balaban J connectivity index is 1.82. The fourth-order valence-corrected chi connectivity index (χ4v) is 2.28. The van der Waals surface area contributed by atoms with Gasteiger partial charge in [-0.3, -0.25) is 4.79 Å². The van der Waals surface area contributed by atoms with Crippen LogP contribution in [-0.2, 0) is 16.1 Å². The summed E-state index contributed by atoms with van der Waals surface area (Å²) in [5.74, 6) is 0.192. The van der Waals surface area contributed by atoms with Gasteiger partial charge in [0.2, 0.25) is 0 Å². The summed E-state index contributed by atoms with van der Waals surface area (Å²) in [6.45, 7) is -0.0758. The molecule has 0 spiro atoms. The number of esters is 1. The van der Waals surface area contributed by atoms with Gasteiger partial charge in [-0.25, -0.2) is 4.79 Å². The lowest BCUT2D eigenvalue weighted by atomic mass is 10.2. The average Bonchev–Trinajstić information content (AvgIpc) is 3.04. The van der Waals surface area contributed by atoms with Crippen molar-refractivity contribution in [3.05, 3.63) is 46.2 Å². The Kier molecular flexibility index (Phi) is 6.25. The van der Waals surface area contributed by atoms with Crippen LogP contribution in [0.3, 0.4) is 0 Å². The van der Waals surface area contributed by atoms with Crippen molar-refractivity contribution in [3.8, 4) is 11.5 Å². The number of rotatable bonds is 7. The molecule has 0 saturated heterocycles. The van der Waals surface area contributed by atoms with Crippen molar-refractivity contribution >= 4 is 27.8 Å². The summed E-state index contributed by atoms with van der Waals surface area (Å²) >= 11 is 3.22. The van der Waals surface area contributed by atoms with E-state index in [1.807, 2.05) is 6.07 Å². The van der Waals surface area contributed by atoms with Crippen molar-refractivity contribution in [2.45, 2.75) is 6.54 Å². The zero-order valence-electron chi connectivity index (χ0n) is 13.2. The second-order valence-corrected chi connectivity index (χ2v) is 5.69. The third-order valence-corrected chi connectivity index (χ3v) is 3.60. The molecule has 0 saturated carbocycles. The van der Waals surface area contributed by atoms with Crippen LogP contribution in [0.15, 0.2) is 34.9 Å². The van der Waals surface area contributed by atoms with Gasteiger partial charge in [0.1, 0.15) is 5.69 Å². The third-order valence-electron chi connectivity index (χ3n) is 3.14.